The van der Waals surface area contributed by atoms with Crippen molar-refractivity contribution in [1.29, 1.82) is 0 Å². The van der Waals surface area contributed by atoms with E-state index in [0.717, 1.165) is 70.6 Å². The van der Waals surface area contributed by atoms with Crippen molar-refractivity contribution in [2.45, 2.75) is 367 Å². The number of ether oxygens (including phenoxy) is 3. The highest BCUT2D eigenvalue weighted by atomic mass is 16.6. The lowest BCUT2D eigenvalue weighted by atomic mass is 10.0. The SMILES string of the molecule is CCCCC/C=C\C/C=C\CCCCCCCCCCCC(=O)OC(COC(=O)CCCCCCCCCC)COC(=O)CCCCCCCCCCCCCCCCCCCCC/C=C\C/C=C\CCCCCCC. The summed E-state index contributed by atoms with van der Waals surface area (Å²) in [6.45, 7) is 6.62. The summed E-state index contributed by atoms with van der Waals surface area (Å²) in [7, 11) is 0. The molecule has 0 aliphatic carbocycles. The van der Waals surface area contributed by atoms with Crippen LogP contribution in [0.1, 0.15) is 361 Å². The van der Waals surface area contributed by atoms with Crippen molar-refractivity contribution in [3.05, 3.63) is 48.6 Å². The van der Waals surface area contributed by atoms with E-state index in [0.29, 0.717) is 19.3 Å². The quantitative estimate of drug-likeness (QED) is 0.0261. The molecule has 0 N–H and O–H groups in total. The molecule has 0 spiro atoms. The molecule has 0 aromatic heterocycles. The number of unbranched alkanes of at least 4 members (excludes halogenated alkanes) is 43. The van der Waals surface area contributed by atoms with Gasteiger partial charge in [-0.05, 0) is 83.5 Å². The smallest absolute Gasteiger partial charge is 0.306 e. The van der Waals surface area contributed by atoms with Crippen molar-refractivity contribution in [3.8, 4) is 0 Å². The fourth-order valence-corrected chi connectivity index (χ4v) is 9.98. The Morgan fingerprint density at radius 1 is 0.263 bits per heavy atom. The molecule has 0 aliphatic rings. The average Bonchev–Trinajstić information content (AvgIpc) is 3.42. The highest BCUT2D eigenvalue weighted by Crippen LogP contribution is 2.18. The minimum absolute atomic E-state index is 0.0702. The van der Waals surface area contributed by atoms with E-state index in [2.05, 4.69) is 69.4 Å². The normalized spacial score (nSPS) is 12.3. The van der Waals surface area contributed by atoms with Gasteiger partial charge in [0.1, 0.15) is 13.2 Å². The first-order valence-corrected chi connectivity index (χ1v) is 33.6. The molecule has 1 unspecified atom stereocenters. The molecule has 6 nitrogen and oxygen atoms in total. The van der Waals surface area contributed by atoms with Crippen LogP contribution in [-0.2, 0) is 28.6 Å². The molecule has 444 valence electrons. The van der Waals surface area contributed by atoms with E-state index in [9.17, 15) is 14.4 Å². The van der Waals surface area contributed by atoms with E-state index in [1.165, 1.54) is 250 Å². The number of esters is 3. The molecule has 0 bridgehead atoms. The van der Waals surface area contributed by atoms with Gasteiger partial charge in [0.05, 0.1) is 0 Å². The summed E-state index contributed by atoms with van der Waals surface area (Å²) in [4.78, 5) is 38.2. The first-order valence-electron chi connectivity index (χ1n) is 33.6. The lowest BCUT2D eigenvalue weighted by molar-refractivity contribution is -0.167. The maximum absolute atomic E-state index is 12.9. The van der Waals surface area contributed by atoms with Gasteiger partial charge in [0, 0.05) is 19.3 Å². The van der Waals surface area contributed by atoms with E-state index in [1.54, 1.807) is 0 Å². The molecule has 6 heteroatoms. The van der Waals surface area contributed by atoms with Crippen LogP contribution in [0.2, 0.25) is 0 Å². The molecule has 0 aromatic carbocycles. The summed E-state index contributed by atoms with van der Waals surface area (Å²) in [6, 6.07) is 0. The third-order valence-corrected chi connectivity index (χ3v) is 15.1. The van der Waals surface area contributed by atoms with Crippen LogP contribution in [0.25, 0.3) is 0 Å². The standard InChI is InChI=1S/C70H128O6/c1-4-7-10-13-16-19-21-23-25-27-29-30-31-32-33-34-35-36-37-38-39-40-42-43-45-47-49-51-54-57-60-63-69(72)75-66-67(65-74-68(71)62-59-56-53-18-15-12-9-6-3)76-70(73)64-61-58-55-52-50-48-46-44-41-28-26-24-22-20-17-14-11-8-5-2/h17,20-21,23-24,26-27,29,67H,4-16,18-19,22,25,28,30-66H2,1-3H3/b20-17-,23-21-,26-24-,29-27-. The van der Waals surface area contributed by atoms with Crippen LogP contribution < -0.4 is 0 Å². The summed E-state index contributed by atoms with van der Waals surface area (Å²) in [5.74, 6) is -0.858. The van der Waals surface area contributed by atoms with Crippen molar-refractivity contribution < 1.29 is 28.6 Å². The van der Waals surface area contributed by atoms with Gasteiger partial charge < -0.3 is 14.2 Å². The summed E-state index contributed by atoms with van der Waals surface area (Å²) in [5.41, 5.74) is 0. The van der Waals surface area contributed by atoms with Gasteiger partial charge in [-0.3, -0.25) is 14.4 Å². The molecule has 0 aromatic rings. The lowest BCUT2D eigenvalue weighted by Gasteiger charge is -2.18. The van der Waals surface area contributed by atoms with Gasteiger partial charge in [-0.2, -0.15) is 0 Å². The molecule has 0 saturated heterocycles. The number of allylic oxidation sites excluding steroid dienone is 8. The summed E-state index contributed by atoms with van der Waals surface area (Å²) >= 11 is 0. The van der Waals surface area contributed by atoms with Crippen LogP contribution in [0.3, 0.4) is 0 Å². The number of hydrogen-bond donors (Lipinski definition) is 0. The summed E-state index contributed by atoms with van der Waals surface area (Å²) in [6.07, 6.45) is 81.5. The molecular formula is C70H128O6. The zero-order valence-electron chi connectivity index (χ0n) is 51.0. The number of carbonyl (C=O) groups excluding carboxylic acids is 3. The zero-order chi connectivity index (χ0) is 55.0. The van der Waals surface area contributed by atoms with E-state index in [-0.39, 0.29) is 31.1 Å². The monoisotopic (exact) mass is 1060 g/mol. The van der Waals surface area contributed by atoms with Crippen LogP contribution >= 0.6 is 0 Å². The van der Waals surface area contributed by atoms with E-state index in [1.807, 2.05) is 0 Å². The number of rotatable bonds is 62. The third-order valence-electron chi connectivity index (χ3n) is 15.1. The minimum Gasteiger partial charge on any atom is -0.462 e. The second-order valence-corrected chi connectivity index (χ2v) is 22.7. The molecule has 0 fully saturated rings. The average molecular weight is 1070 g/mol. The maximum Gasteiger partial charge on any atom is 0.306 e. The molecule has 1 atom stereocenters. The van der Waals surface area contributed by atoms with Gasteiger partial charge >= 0.3 is 17.9 Å². The van der Waals surface area contributed by atoms with Gasteiger partial charge in [0.25, 0.3) is 0 Å². The van der Waals surface area contributed by atoms with Crippen LogP contribution in [0.15, 0.2) is 48.6 Å². The molecule has 0 radical (unpaired) electrons. The summed E-state index contributed by atoms with van der Waals surface area (Å²) < 4.78 is 16.9. The predicted octanol–water partition coefficient (Wildman–Crippen LogP) is 22.9. The van der Waals surface area contributed by atoms with E-state index < -0.39 is 6.10 Å². The third kappa shape index (κ3) is 62.2. The minimum atomic E-state index is -0.771. The molecular weight excluding hydrogens is 937 g/mol. The van der Waals surface area contributed by atoms with Gasteiger partial charge in [0.15, 0.2) is 6.10 Å². The predicted molar refractivity (Wildman–Crippen MR) is 330 cm³/mol. The van der Waals surface area contributed by atoms with Crippen LogP contribution in [0.4, 0.5) is 0 Å². The number of hydrogen-bond acceptors (Lipinski definition) is 6. The number of carbonyl (C=O) groups is 3. The van der Waals surface area contributed by atoms with Crippen LogP contribution in [0, 0.1) is 0 Å². The second-order valence-electron chi connectivity index (χ2n) is 22.7. The van der Waals surface area contributed by atoms with Crippen LogP contribution in [-0.4, -0.2) is 37.2 Å². The van der Waals surface area contributed by atoms with Gasteiger partial charge in [-0.1, -0.05) is 307 Å². The largest absolute Gasteiger partial charge is 0.462 e. The first-order chi connectivity index (χ1) is 37.5. The van der Waals surface area contributed by atoms with Crippen molar-refractivity contribution >= 4 is 17.9 Å². The zero-order valence-corrected chi connectivity index (χ0v) is 51.0. The van der Waals surface area contributed by atoms with Gasteiger partial charge in [-0.15, -0.1) is 0 Å². The van der Waals surface area contributed by atoms with E-state index >= 15 is 0 Å². The molecule has 0 rings (SSSR count). The Kier molecular flexibility index (Phi) is 62.6. The first kappa shape index (κ1) is 73.4. The van der Waals surface area contributed by atoms with Crippen molar-refractivity contribution in [2.24, 2.45) is 0 Å². The van der Waals surface area contributed by atoms with Gasteiger partial charge in [-0.25, -0.2) is 0 Å². The Labute approximate surface area is 473 Å². The van der Waals surface area contributed by atoms with Crippen molar-refractivity contribution in [2.75, 3.05) is 13.2 Å². The highest BCUT2D eigenvalue weighted by molar-refractivity contribution is 5.71. The molecule has 0 saturated carbocycles. The topological polar surface area (TPSA) is 78.9 Å². The highest BCUT2D eigenvalue weighted by Gasteiger charge is 2.19. The van der Waals surface area contributed by atoms with Crippen molar-refractivity contribution in [1.82, 2.24) is 0 Å². The Morgan fingerprint density at radius 2 is 0.474 bits per heavy atom. The lowest BCUT2D eigenvalue weighted by Crippen LogP contribution is -2.30. The Morgan fingerprint density at radius 3 is 0.750 bits per heavy atom. The van der Waals surface area contributed by atoms with E-state index in [4.69, 9.17) is 14.2 Å². The van der Waals surface area contributed by atoms with Crippen molar-refractivity contribution in [3.63, 3.8) is 0 Å². The molecule has 76 heavy (non-hydrogen) atoms. The molecule has 0 aliphatic heterocycles. The Balaban J connectivity index is 4.05. The summed E-state index contributed by atoms with van der Waals surface area (Å²) in [5, 5.41) is 0. The Bertz CT molecular complexity index is 1310. The fraction of sp³-hybridized carbons (Fsp3) is 0.843. The maximum atomic E-state index is 12.9. The molecule has 0 amide bonds. The Hall–Kier alpha value is -2.63. The molecule has 0 heterocycles. The van der Waals surface area contributed by atoms with Crippen LogP contribution in [0.5, 0.6) is 0 Å². The second kappa shape index (κ2) is 64.9. The fourth-order valence-electron chi connectivity index (χ4n) is 9.98. The van der Waals surface area contributed by atoms with Gasteiger partial charge in [0.2, 0.25) is 0 Å².